The van der Waals surface area contributed by atoms with Gasteiger partial charge in [-0.3, -0.25) is 9.98 Å². The van der Waals surface area contributed by atoms with Gasteiger partial charge in [-0.15, -0.1) is 0 Å². The molecule has 0 atom stereocenters. The zero-order valence-electron chi connectivity index (χ0n) is 26.0. The normalized spacial score (nSPS) is 13.1. The molecule has 0 bridgehead atoms. The lowest BCUT2D eigenvalue weighted by molar-refractivity contribution is 0.373. The Morgan fingerprint density at radius 3 is 1.32 bits per heavy atom. The van der Waals surface area contributed by atoms with E-state index in [0.29, 0.717) is 11.5 Å². The van der Waals surface area contributed by atoms with Crippen LogP contribution in [0.1, 0.15) is 33.4 Å². The minimum absolute atomic E-state index is 0.0919. The van der Waals surface area contributed by atoms with Gasteiger partial charge in [0.05, 0.1) is 31.0 Å². The fraction of sp³-hybridized carbons (Fsp3) is 0.0732. The van der Waals surface area contributed by atoms with Crippen LogP contribution in [0, 0.1) is 0 Å². The number of hydrogen-bond donors (Lipinski definition) is 2. The number of phenolic OH excluding ortho intramolecular Hbond substituents is 2. The van der Waals surface area contributed by atoms with Crippen molar-refractivity contribution in [2.45, 2.75) is 5.41 Å². The SMILES string of the molecule is COc1cc(C=Nc2ccc(C3(c4ccc(N=Cc5ccc(O)c(OC)c5)cc4)c4ccccc4-c4ccccc43)cc2)ccc1O. The van der Waals surface area contributed by atoms with Gasteiger partial charge in [0.1, 0.15) is 0 Å². The lowest BCUT2D eigenvalue weighted by Crippen LogP contribution is -2.28. The van der Waals surface area contributed by atoms with E-state index in [4.69, 9.17) is 19.5 Å². The van der Waals surface area contributed by atoms with Crippen molar-refractivity contribution in [2.75, 3.05) is 14.2 Å². The molecule has 0 saturated carbocycles. The van der Waals surface area contributed by atoms with Crippen molar-refractivity contribution in [3.8, 4) is 34.1 Å². The van der Waals surface area contributed by atoms with Crippen molar-refractivity contribution >= 4 is 23.8 Å². The highest BCUT2D eigenvalue weighted by Crippen LogP contribution is 2.56. The van der Waals surface area contributed by atoms with E-state index in [-0.39, 0.29) is 11.5 Å². The summed E-state index contributed by atoms with van der Waals surface area (Å²) in [6.45, 7) is 0. The number of benzene rings is 6. The monoisotopic (exact) mass is 616 g/mol. The van der Waals surface area contributed by atoms with E-state index < -0.39 is 5.41 Å². The molecule has 1 aliphatic carbocycles. The van der Waals surface area contributed by atoms with Gasteiger partial charge in [0.15, 0.2) is 23.0 Å². The summed E-state index contributed by atoms with van der Waals surface area (Å²) < 4.78 is 10.5. The molecule has 6 aromatic carbocycles. The van der Waals surface area contributed by atoms with E-state index in [1.165, 1.54) is 36.5 Å². The van der Waals surface area contributed by atoms with Crippen molar-refractivity contribution in [3.05, 3.63) is 167 Å². The van der Waals surface area contributed by atoms with E-state index in [2.05, 4.69) is 72.8 Å². The second kappa shape index (κ2) is 12.3. The number of aliphatic imine (C=N–C) groups is 2. The van der Waals surface area contributed by atoms with Crippen LogP contribution in [0.15, 0.2) is 143 Å². The number of hydrogen-bond acceptors (Lipinski definition) is 6. The maximum absolute atomic E-state index is 9.94. The summed E-state index contributed by atoms with van der Waals surface area (Å²) in [4.78, 5) is 9.41. The molecule has 0 radical (unpaired) electrons. The van der Waals surface area contributed by atoms with E-state index in [1.54, 1.807) is 48.8 Å². The highest BCUT2D eigenvalue weighted by Gasteiger charge is 2.45. The summed E-state index contributed by atoms with van der Waals surface area (Å²) in [6.07, 6.45) is 3.53. The molecule has 230 valence electrons. The van der Waals surface area contributed by atoms with Crippen LogP contribution >= 0.6 is 0 Å². The molecule has 0 spiro atoms. The predicted molar refractivity (Wildman–Crippen MR) is 188 cm³/mol. The molecule has 0 amide bonds. The molecule has 0 heterocycles. The summed E-state index contributed by atoms with van der Waals surface area (Å²) in [7, 11) is 3.06. The van der Waals surface area contributed by atoms with Crippen molar-refractivity contribution in [2.24, 2.45) is 9.98 Å². The summed E-state index contributed by atoms with van der Waals surface area (Å²) >= 11 is 0. The topological polar surface area (TPSA) is 83.6 Å². The second-order valence-corrected chi connectivity index (χ2v) is 11.3. The molecule has 6 nitrogen and oxygen atoms in total. The molecule has 0 aromatic heterocycles. The van der Waals surface area contributed by atoms with Gasteiger partial charge in [-0.2, -0.15) is 0 Å². The van der Waals surface area contributed by atoms with Crippen molar-refractivity contribution in [3.63, 3.8) is 0 Å². The maximum Gasteiger partial charge on any atom is 0.161 e. The number of nitrogens with zero attached hydrogens (tertiary/aromatic N) is 2. The molecule has 6 aromatic rings. The number of methoxy groups -OCH3 is 2. The Balaban J connectivity index is 1.29. The number of rotatable bonds is 8. The van der Waals surface area contributed by atoms with E-state index in [9.17, 15) is 10.2 Å². The van der Waals surface area contributed by atoms with Crippen LogP contribution in [0.2, 0.25) is 0 Å². The van der Waals surface area contributed by atoms with Crippen LogP contribution in [0.3, 0.4) is 0 Å². The van der Waals surface area contributed by atoms with Crippen LogP contribution in [-0.4, -0.2) is 36.9 Å². The minimum Gasteiger partial charge on any atom is -0.504 e. The summed E-state index contributed by atoms with van der Waals surface area (Å²) in [5.74, 6) is 0.993. The average molecular weight is 617 g/mol. The smallest absolute Gasteiger partial charge is 0.161 e. The Morgan fingerprint density at radius 1 is 0.511 bits per heavy atom. The number of ether oxygens (including phenoxy) is 2. The quantitative estimate of drug-likeness (QED) is 0.167. The molecule has 0 aliphatic heterocycles. The van der Waals surface area contributed by atoms with Gasteiger partial charge in [0, 0.05) is 12.4 Å². The molecule has 0 fully saturated rings. The number of phenols is 2. The first-order valence-electron chi connectivity index (χ1n) is 15.2. The molecule has 1 aliphatic rings. The third-order valence-corrected chi connectivity index (χ3v) is 8.69. The first kappa shape index (κ1) is 29.6. The molecule has 2 N–H and O–H groups in total. The summed E-state index contributed by atoms with van der Waals surface area (Å²) in [5, 5.41) is 19.9. The molecule has 47 heavy (non-hydrogen) atoms. The van der Waals surface area contributed by atoms with Crippen molar-refractivity contribution < 1.29 is 19.7 Å². The zero-order valence-corrected chi connectivity index (χ0v) is 26.0. The van der Waals surface area contributed by atoms with Gasteiger partial charge < -0.3 is 19.7 Å². The Morgan fingerprint density at radius 2 is 0.915 bits per heavy atom. The van der Waals surface area contributed by atoms with Crippen LogP contribution in [0.5, 0.6) is 23.0 Å². The third-order valence-electron chi connectivity index (χ3n) is 8.69. The number of fused-ring (bicyclic) bond motifs is 3. The maximum atomic E-state index is 9.94. The molecule has 0 unspecified atom stereocenters. The Hall–Kier alpha value is -6.14. The van der Waals surface area contributed by atoms with Gasteiger partial charge in [-0.05, 0) is 105 Å². The van der Waals surface area contributed by atoms with E-state index in [1.807, 2.05) is 24.3 Å². The molecule has 6 heteroatoms. The van der Waals surface area contributed by atoms with Gasteiger partial charge in [-0.1, -0.05) is 72.8 Å². The van der Waals surface area contributed by atoms with Crippen molar-refractivity contribution in [1.29, 1.82) is 0 Å². The van der Waals surface area contributed by atoms with Gasteiger partial charge >= 0.3 is 0 Å². The standard InChI is InChI=1S/C41H32N2O4/c1-46-39-23-27(11-21-37(39)44)25-42-31-17-13-29(14-18-31)41(35-9-5-3-7-33(35)34-8-4-6-10-36(34)41)30-15-19-32(20-16-30)43-26-28-12-22-38(45)40(24-28)47-2/h3-26,44-45H,1-2H3. The second-order valence-electron chi connectivity index (χ2n) is 11.3. The van der Waals surface area contributed by atoms with E-state index in [0.717, 1.165) is 33.6 Å². The average Bonchev–Trinajstić information content (AvgIpc) is 3.42. The van der Waals surface area contributed by atoms with Gasteiger partial charge in [-0.25, -0.2) is 0 Å². The lowest BCUT2D eigenvalue weighted by atomic mass is 9.67. The molecule has 0 saturated heterocycles. The third kappa shape index (κ3) is 5.30. The largest absolute Gasteiger partial charge is 0.504 e. The molecular formula is C41H32N2O4. The van der Waals surface area contributed by atoms with Gasteiger partial charge in [0.2, 0.25) is 0 Å². The summed E-state index contributed by atoms with van der Waals surface area (Å²) in [5.41, 5.74) is 9.87. The Labute approximate surface area is 273 Å². The highest BCUT2D eigenvalue weighted by molar-refractivity contribution is 5.87. The van der Waals surface area contributed by atoms with Gasteiger partial charge in [0.25, 0.3) is 0 Å². The highest BCUT2D eigenvalue weighted by atomic mass is 16.5. The predicted octanol–water partition coefficient (Wildman–Crippen LogP) is 8.98. The van der Waals surface area contributed by atoms with Crippen LogP contribution in [0.4, 0.5) is 11.4 Å². The molecule has 7 rings (SSSR count). The number of aromatic hydroxyl groups is 2. The molecular weight excluding hydrogens is 584 g/mol. The van der Waals surface area contributed by atoms with Crippen molar-refractivity contribution in [1.82, 2.24) is 0 Å². The zero-order chi connectivity index (χ0) is 32.4. The Bertz CT molecular complexity index is 1980. The Kier molecular flexibility index (Phi) is 7.76. The first-order chi connectivity index (χ1) is 23.0. The minimum atomic E-state index is -0.549. The van der Waals surface area contributed by atoms with Crippen LogP contribution in [-0.2, 0) is 5.41 Å². The fourth-order valence-electron chi connectivity index (χ4n) is 6.47. The summed E-state index contributed by atoms with van der Waals surface area (Å²) in [6, 6.07) is 44.4. The van der Waals surface area contributed by atoms with E-state index >= 15 is 0 Å². The fourth-order valence-corrected chi connectivity index (χ4v) is 6.47. The van der Waals surface area contributed by atoms with Crippen LogP contribution in [0.25, 0.3) is 11.1 Å². The lowest BCUT2D eigenvalue weighted by Gasteiger charge is -2.34. The first-order valence-corrected chi connectivity index (χ1v) is 15.2. The van der Waals surface area contributed by atoms with Crippen LogP contribution < -0.4 is 9.47 Å².